The van der Waals surface area contributed by atoms with Crippen molar-refractivity contribution in [2.75, 3.05) is 5.75 Å². The number of benzene rings is 2. The Morgan fingerprint density at radius 2 is 1.78 bits per heavy atom. The number of carbonyl (C=O) groups excluding carboxylic acids is 1. The van der Waals surface area contributed by atoms with Crippen molar-refractivity contribution >= 4 is 33.6 Å². The minimum atomic E-state index is -1.33. The maximum Gasteiger partial charge on any atom is 0.326 e. The van der Waals surface area contributed by atoms with Crippen molar-refractivity contribution < 1.29 is 18.9 Å². The van der Waals surface area contributed by atoms with E-state index in [1.165, 1.54) is 6.20 Å². The van der Waals surface area contributed by atoms with Crippen molar-refractivity contribution in [3.05, 3.63) is 72.4 Å². The number of aromatic nitrogens is 1. The summed E-state index contributed by atoms with van der Waals surface area (Å²) < 4.78 is 12.3. The number of hydrogen-bond donors (Lipinski definition) is 2. The third-order valence-corrected chi connectivity index (χ3v) is 5.46. The Balaban J connectivity index is 1.67. The number of amides is 1. The largest absolute Gasteiger partial charge is 0.480 e. The van der Waals surface area contributed by atoms with Gasteiger partial charge in [0.25, 0.3) is 5.91 Å². The average Bonchev–Trinajstić information content (AvgIpc) is 2.70. The van der Waals surface area contributed by atoms with Gasteiger partial charge in [-0.3, -0.25) is 14.0 Å². The molecule has 2 N–H and O–H groups in total. The molecule has 1 heterocycles. The van der Waals surface area contributed by atoms with Crippen LogP contribution in [-0.4, -0.2) is 38.0 Å². The Morgan fingerprint density at radius 3 is 2.52 bits per heavy atom. The van der Waals surface area contributed by atoms with Crippen LogP contribution in [0.3, 0.4) is 0 Å². The van der Waals surface area contributed by atoms with Crippen molar-refractivity contribution in [1.82, 2.24) is 10.3 Å². The molecule has 0 fully saturated rings. The van der Waals surface area contributed by atoms with E-state index >= 15 is 0 Å². The monoisotopic (exact) mass is 382 g/mol. The first-order valence-corrected chi connectivity index (χ1v) is 9.68. The topological polar surface area (TPSA) is 96.4 Å². The zero-order valence-corrected chi connectivity index (χ0v) is 15.2. The van der Waals surface area contributed by atoms with Crippen LogP contribution in [0.1, 0.15) is 16.8 Å². The number of carboxylic acid groups (broad SMARTS) is 1. The predicted octanol–water partition coefficient (Wildman–Crippen LogP) is 2.62. The summed E-state index contributed by atoms with van der Waals surface area (Å²) in [6, 6.07) is 16.7. The Bertz CT molecular complexity index is 991. The molecule has 0 bridgehead atoms. The van der Waals surface area contributed by atoms with E-state index in [2.05, 4.69) is 10.3 Å². The van der Waals surface area contributed by atoms with Crippen molar-refractivity contribution in [2.24, 2.45) is 0 Å². The summed E-state index contributed by atoms with van der Waals surface area (Å²) in [7, 11) is -1.33. The standard InChI is InChI=1S/C20H18N2O4S/c23-19(15-12-14-6-4-5-9-17(14)21-13-15)22-18(20(24)25)10-11-27(26)16-7-2-1-3-8-16/h1-9,12-13,18H,10-11H2,(H,22,23)(H,24,25)/t18-,27-/m0/s1. The van der Waals surface area contributed by atoms with Gasteiger partial charge in [0.1, 0.15) is 6.04 Å². The molecule has 138 valence electrons. The highest BCUT2D eigenvalue weighted by atomic mass is 32.2. The number of nitrogens with one attached hydrogen (secondary N) is 1. The molecule has 0 saturated heterocycles. The van der Waals surface area contributed by atoms with E-state index in [-0.39, 0.29) is 17.7 Å². The van der Waals surface area contributed by atoms with Crippen LogP contribution in [0.4, 0.5) is 0 Å². The van der Waals surface area contributed by atoms with Gasteiger partial charge < -0.3 is 10.4 Å². The zero-order chi connectivity index (χ0) is 19.2. The lowest BCUT2D eigenvalue weighted by molar-refractivity contribution is -0.139. The van der Waals surface area contributed by atoms with E-state index in [1.54, 1.807) is 30.3 Å². The molecule has 0 aliphatic carbocycles. The number of pyridine rings is 1. The van der Waals surface area contributed by atoms with E-state index in [9.17, 15) is 18.9 Å². The van der Waals surface area contributed by atoms with Crippen molar-refractivity contribution in [3.8, 4) is 0 Å². The molecule has 0 saturated carbocycles. The molecule has 1 aromatic heterocycles. The van der Waals surface area contributed by atoms with Gasteiger partial charge in [0, 0.05) is 22.2 Å². The van der Waals surface area contributed by atoms with Gasteiger partial charge in [-0.1, -0.05) is 36.4 Å². The lowest BCUT2D eigenvalue weighted by Gasteiger charge is -2.14. The Morgan fingerprint density at radius 1 is 1.07 bits per heavy atom. The second-order valence-electron chi connectivity index (χ2n) is 5.93. The number of nitrogens with zero attached hydrogens (tertiary/aromatic N) is 1. The molecule has 2 atom stereocenters. The highest BCUT2D eigenvalue weighted by molar-refractivity contribution is 7.85. The lowest BCUT2D eigenvalue weighted by atomic mass is 10.1. The number of rotatable bonds is 7. The Kier molecular flexibility index (Phi) is 5.93. The van der Waals surface area contributed by atoms with Crippen LogP contribution in [0, 0.1) is 0 Å². The summed E-state index contributed by atoms with van der Waals surface area (Å²) in [5.74, 6) is -1.55. The smallest absolute Gasteiger partial charge is 0.326 e. The highest BCUT2D eigenvalue weighted by Crippen LogP contribution is 2.13. The van der Waals surface area contributed by atoms with E-state index in [0.29, 0.717) is 4.90 Å². The van der Waals surface area contributed by atoms with Crippen LogP contribution in [0.2, 0.25) is 0 Å². The van der Waals surface area contributed by atoms with Gasteiger partial charge in [-0.2, -0.15) is 0 Å². The van der Waals surface area contributed by atoms with Crippen LogP contribution < -0.4 is 5.32 Å². The number of carboxylic acids is 1. The van der Waals surface area contributed by atoms with Gasteiger partial charge in [0.05, 0.1) is 21.9 Å². The van der Waals surface area contributed by atoms with Crippen LogP contribution in [-0.2, 0) is 15.6 Å². The Hall–Kier alpha value is -3.06. The lowest BCUT2D eigenvalue weighted by Crippen LogP contribution is -2.41. The van der Waals surface area contributed by atoms with Crippen LogP contribution in [0.25, 0.3) is 10.9 Å². The Labute approximate surface area is 158 Å². The van der Waals surface area contributed by atoms with Crippen LogP contribution >= 0.6 is 0 Å². The van der Waals surface area contributed by atoms with Crippen LogP contribution in [0.15, 0.2) is 71.8 Å². The first kappa shape index (κ1) is 18.7. The first-order valence-electron chi connectivity index (χ1n) is 8.36. The summed E-state index contributed by atoms with van der Waals surface area (Å²) in [5.41, 5.74) is 1.03. The molecular formula is C20H18N2O4S. The molecule has 1 amide bonds. The van der Waals surface area contributed by atoms with E-state index < -0.39 is 28.7 Å². The molecule has 0 spiro atoms. The zero-order valence-electron chi connectivity index (χ0n) is 14.4. The summed E-state index contributed by atoms with van der Waals surface area (Å²) >= 11 is 0. The third kappa shape index (κ3) is 4.77. The van der Waals surface area contributed by atoms with Gasteiger partial charge >= 0.3 is 5.97 Å². The number of fused-ring (bicyclic) bond motifs is 1. The summed E-state index contributed by atoms with van der Waals surface area (Å²) in [6.07, 6.45) is 1.47. The molecule has 0 aliphatic heterocycles. The third-order valence-electron chi connectivity index (χ3n) is 4.05. The molecule has 2 aromatic carbocycles. The number of carbonyl (C=O) groups is 2. The van der Waals surface area contributed by atoms with Gasteiger partial charge in [-0.25, -0.2) is 4.79 Å². The van der Waals surface area contributed by atoms with E-state index in [0.717, 1.165) is 10.9 Å². The number of para-hydroxylation sites is 1. The van der Waals surface area contributed by atoms with Gasteiger partial charge in [-0.05, 0) is 30.7 Å². The summed E-state index contributed by atoms with van der Waals surface area (Å²) in [4.78, 5) is 28.8. The fraction of sp³-hybridized carbons (Fsp3) is 0.150. The minimum Gasteiger partial charge on any atom is -0.480 e. The molecule has 0 unspecified atom stereocenters. The predicted molar refractivity (Wildman–Crippen MR) is 103 cm³/mol. The molecule has 7 heteroatoms. The second kappa shape index (κ2) is 8.55. The maximum absolute atomic E-state index is 12.4. The second-order valence-corrected chi connectivity index (χ2v) is 7.50. The first-order chi connectivity index (χ1) is 13.0. The fourth-order valence-corrected chi connectivity index (χ4v) is 3.76. The van der Waals surface area contributed by atoms with Crippen LogP contribution in [0.5, 0.6) is 0 Å². The van der Waals surface area contributed by atoms with Crippen molar-refractivity contribution in [2.45, 2.75) is 17.4 Å². The highest BCUT2D eigenvalue weighted by Gasteiger charge is 2.22. The molecule has 6 nitrogen and oxygen atoms in total. The van der Waals surface area contributed by atoms with Crippen molar-refractivity contribution in [3.63, 3.8) is 0 Å². The van der Waals surface area contributed by atoms with Gasteiger partial charge in [-0.15, -0.1) is 0 Å². The van der Waals surface area contributed by atoms with E-state index in [4.69, 9.17) is 0 Å². The average molecular weight is 382 g/mol. The number of hydrogen-bond acceptors (Lipinski definition) is 4. The number of aliphatic carboxylic acids is 1. The van der Waals surface area contributed by atoms with Gasteiger partial charge in [0.2, 0.25) is 0 Å². The molecular weight excluding hydrogens is 364 g/mol. The van der Waals surface area contributed by atoms with Crippen molar-refractivity contribution in [1.29, 1.82) is 0 Å². The van der Waals surface area contributed by atoms with Gasteiger partial charge in [0.15, 0.2) is 0 Å². The molecule has 0 radical (unpaired) electrons. The molecule has 3 rings (SSSR count). The molecule has 0 aliphatic rings. The summed E-state index contributed by atoms with van der Waals surface area (Å²) in [5, 5.41) is 12.7. The summed E-state index contributed by atoms with van der Waals surface area (Å²) in [6.45, 7) is 0. The molecule has 27 heavy (non-hydrogen) atoms. The fourth-order valence-electron chi connectivity index (χ4n) is 2.61. The van der Waals surface area contributed by atoms with E-state index in [1.807, 2.05) is 30.3 Å². The maximum atomic E-state index is 12.4. The molecule has 3 aromatic rings. The quantitative estimate of drug-likeness (QED) is 0.655. The SMILES string of the molecule is O=C(N[C@@H](CC[S@](=O)c1ccccc1)C(=O)O)c1cnc2ccccc2c1. The normalized spacial score (nSPS) is 13.0. The minimum absolute atomic E-state index is 0.0591.